The van der Waals surface area contributed by atoms with E-state index in [0.29, 0.717) is 16.1 Å². The van der Waals surface area contributed by atoms with E-state index in [1.807, 2.05) is 0 Å². The first-order valence-corrected chi connectivity index (χ1v) is 7.50. The Kier molecular flexibility index (Phi) is 6.24. The Bertz CT molecular complexity index is 803. The number of hydrogen-bond acceptors (Lipinski definition) is 3. The Balaban J connectivity index is 1.85. The lowest BCUT2D eigenvalue weighted by molar-refractivity contribution is -0.274. The Morgan fingerprint density at radius 3 is 2.15 bits per heavy atom. The fourth-order valence-corrected chi connectivity index (χ4v) is 1.91. The summed E-state index contributed by atoms with van der Waals surface area (Å²) in [5, 5.41) is 0.472. The van der Waals surface area contributed by atoms with Gasteiger partial charge in [-0.1, -0.05) is 23.7 Å². The van der Waals surface area contributed by atoms with Crippen LogP contribution in [0.4, 0.5) is 13.2 Å². The van der Waals surface area contributed by atoms with Gasteiger partial charge in [-0.05, 0) is 48.0 Å². The first-order valence-electron chi connectivity index (χ1n) is 7.13. The van der Waals surface area contributed by atoms with Crippen molar-refractivity contribution in [1.82, 2.24) is 10.9 Å². The molecule has 2 amide bonds. The first kappa shape index (κ1) is 19.3. The number of halogens is 4. The minimum absolute atomic E-state index is 0.305. The average molecular weight is 385 g/mol. The summed E-state index contributed by atoms with van der Waals surface area (Å²) in [5.74, 6) is -1.52. The molecule has 0 saturated carbocycles. The molecule has 0 aromatic heterocycles. The van der Waals surface area contributed by atoms with Crippen LogP contribution in [0.25, 0.3) is 6.08 Å². The summed E-state index contributed by atoms with van der Waals surface area (Å²) < 4.78 is 39.9. The summed E-state index contributed by atoms with van der Waals surface area (Å²) in [7, 11) is 0. The highest BCUT2D eigenvalue weighted by Crippen LogP contribution is 2.22. The smallest absolute Gasteiger partial charge is 0.406 e. The molecule has 5 nitrogen and oxygen atoms in total. The fourth-order valence-electron chi connectivity index (χ4n) is 1.79. The summed E-state index contributed by atoms with van der Waals surface area (Å²) in [4.78, 5) is 23.4. The number of ether oxygens (including phenoxy) is 1. The van der Waals surface area contributed by atoms with E-state index in [2.05, 4.69) is 15.6 Å². The highest BCUT2D eigenvalue weighted by molar-refractivity contribution is 6.30. The van der Waals surface area contributed by atoms with Crippen LogP contribution in [0, 0.1) is 0 Å². The maximum Gasteiger partial charge on any atom is 0.573 e. The summed E-state index contributed by atoms with van der Waals surface area (Å²) >= 11 is 5.71. The molecule has 26 heavy (non-hydrogen) atoms. The number of carbonyl (C=O) groups is 2. The van der Waals surface area contributed by atoms with Crippen LogP contribution in [0.1, 0.15) is 15.9 Å². The van der Waals surface area contributed by atoms with Gasteiger partial charge in [0.05, 0.1) is 0 Å². The largest absolute Gasteiger partial charge is 0.573 e. The lowest BCUT2D eigenvalue weighted by Crippen LogP contribution is -2.40. The van der Waals surface area contributed by atoms with Crippen LogP contribution in [0.2, 0.25) is 5.02 Å². The molecule has 0 unspecified atom stereocenters. The summed E-state index contributed by atoms with van der Waals surface area (Å²) in [5.41, 5.74) is 5.16. The van der Waals surface area contributed by atoms with Crippen molar-refractivity contribution in [3.05, 3.63) is 70.8 Å². The molecule has 0 aliphatic rings. The number of rotatable bonds is 4. The van der Waals surface area contributed by atoms with Gasteiger partial charge in [-0.15, -0.1) is 13.2 Å². The van der Waals surface area contributed by atoms with E-state index in [1.165, 1.54) is 42.5 Å². The summed E-state index contributed by atoms with van der Waals surface area (Å²) in [6.45, 7) is 0. The van der Waals surface area contributed by atoms with Crippen molar-refractivity contribution in [3.8, 4) is 5.75 Å². The molecular formula is C17H12ClF3N2O3. The molecule has 0 bridgehead atoms. The van der Waals surface area contributed by atoms with Crippen LogP contribution in [-0.4, -0.2) is 18.2 Å². The van der Waals surface area contributed by atoms with Crippen LogP contribution in [0.3, 0.4) is 0 Å². The van der Waals surface area contributed by atoms with Gasteiger partial charge in [-0.25, -0.2) is 0 Å². The predicted molar refractivity (Wildman–Crippen MR) is 89.2 cm³/mol. The van der Waals surface area contributed by atoms with Gasteiger partial charge in [0.15, 0.2) is 0 Å². The van der Waals surface area contributed by atoms with Gasteiger partial charge in [-0.3, -0.25) is 20.4 Å². The highest BCUT2D eigenvalue weighted by Gasteiger charge is 2.30. The molecule has 2 N–H and O–H groups in total. The van der Waals surface area contributed by atoms with Crippen molar-refractivity contribution in [2.45, 2.75) is 6.36 Å². The van der Waals surface area contributed by atoms with E-state index in [0.717, 1.165) is 18.2 Å². The number of nitrogens with one attached hydrogen (secondary N) is 2. The van der Waals surface area contributed by atoms with Gasteiger partial charge >= 0.3 is 6.36 Å². The quantitative estimate of drug-likeness (QED) is 0.623. The second kappa shape index (κ2) is 8.39. The van der Waals surface area contributed by atoms with Crippen molar-refractivity contribution in [1.29, 1.82) is 0 Å². The van der Waals surface area contributed by atoms with E-state index in [-0.39, 0.29) is 5.75 Å². The van der Waals surface area contributed by atoms with E-state index in [4.69, 9.17) is 11.6 Å². The zero-order chi connectivity index (χ0) is 19.2. The molecule has 136 valence electrons. The van der Waals surface area contributed by atoms with Gasteiger partial charge in [-0.2, -0.15) is 0 Å². The van der Waals surface area contributed by atoms with Crippen LogP contribution in [0.15, 0.2) is 54.6 Å². The number of carbonyl (C=O) groups excluding carboxylic acids is 2. The lowest BCUT2D eigenvalue weighted by atomic mass is 10.2. The molecule has 2 aromatic rings. The molecule has 9 heteroatoms. The van der Waals surface area contributed by atoms with Crippen molar-refractivity contribution in [2.24, 2.45) is 0 Å². The molecule has 0 radical (unpaired) electrons. The molecule has 0 saturated heterocycles. The topological polar surface area (TPSA) is 67.4 Å². The second-order valence-corrected chi connectivity index (χ2v) is 5.34. The molecule has 0 spiro atoms. The molecule has 2 aromatic carbocycles. The molecule has 0 fully saturated rings. The Labute approximate surface area is 151 Å². The minimum Gasteiger partial charge on any atom is -0.406 e. The number of hydrogen-bond donors (Lipinski definition) is 2. The van der Waals surface area contributed by atoms with Crippen molar-refractivity contribution in [2.75, 3.05) is 0 Å². The van der Waals surface area contributed by atoms with Crippen LogP contribution in [-0.2, 0) is 4.79 Å². The SMILES string of the molecule is O=C(/C=C/c1ccc(OC(F)(F)F)cc1)NNC(=O)c1ccc(Cl)cc1. The van der Waals surface area contributed by atoms with Gasteiger partial charge in [0.1, 0.15) is 5.75 Å². The van der Waals surface area contributed by atoms with Gasteiger partial charge < -0.3 is 4.74 Å². The maximum absolute atomic E-state index is 12.1. The number of hydrazine groups is 1. The molecule has 0 atom stereocenters. The summed E-state index contributed by atoms with van der Waals surface area (Å²) in [6, 6.07) is 11.0. The second-order valence-electron chi connectivity index (χ2n) is 4.90. The van der Waals surface area contributed by atoms with E-state index in [9.17, 15) is 22.8 Å². The lowest BCUT2D eigenvalue weighted by Gasteiger charge is -2.08. The van der Waals surface area contributed by atoms with E-state index >= 15 is 0 Å². The van der Waals surface area contributed by atoms with Gasteiger partial charge in [0, 0.05) is 16.7 Å². The Morgan fingerprint density at radius 2 is 1.58 bits per heavy atom. The van der Waals surface area contributed by atoms with Crippen LogP contribution >= 0.6 is 11.6 Å². The van der Waals surface area contributed by atoms with E-state index in [1.54, 1.807) is 0 Å². The van der Waals surface area contributed by atoms with Crippen LogP contribution < -0.4 is 15.6 Å². The molecule has 0 aliphatic heterocycles. The number of amides is 2. The van der Waals surface area contributed by atoms with Crippen LogP contribution in [0.5, 0.6) is 5.75 Å². The zero-order valence-corrected chi connectivity index (χ0v) is 13.8. The molecule has 0 heterocycles. The fraction of sp³-hybridized carbons (Fsp3) is 0.0588. The van der Waals surface area contributed by atoms with E-state index < -0.39 is 18.2 Å². The first-order chi connectivity index (χ1) is 12.2. The minimum atomic E-state index is -4.76. The Morgan fingerprint density at radius 1 is 0.962 bits per heavy atom. The van der Waals surface area contributed by atoms with Gasteiger partial charge in [0.25, 0.3) is 11.8 Å². The maximum atomic E-state index is 12.1. The molecular weight excluding hydrogens is 373 g/mol. The third kappa shape index (κ3) is 6.48. The van der Waals surface area contributed by atoms with Crippen molar-refractivity contribution >= 4 is 29.5 Å². The monoisotopic (exact) mass is 384 g/mol. The molecule has 0 aliphatic carbocycles. The highest BCUT2D eigenvalue weighted by atomic mass is 35.5. The summed E-state index contributed by atoms with van der Waals surface area (Å²) in [6.07, 6.45) is -2.29. The third-order valence-electron chi connectivity index (χ3n) is 2.95. The molecule has 2 rings (SSSR count). The average Bonchev–Trinajstić information content (AvgIpc) is 2.58. The Hall–Kier alpha value is -3.00. The zero-order valence-electron chi connectivity index (χ0n) is 13.0. The third-order valence-corrected chi connectivity index (χ3v) is 3.20. The van der Waals surface area contributed by atoms with Crippen molar-refractivity contribution < 1.29 is 27.5 Å². The predicted octanol–water partition coefficient (Wildman–Crippen LogP) is 3.71. The normalized spacial score (nSPS) is 11.2. The van der Waals surface area contributed by atoms with Crippen molar-refractivity contribution in [3.63, 3.8) is 0 Å². The number of alkyl halides is 3. The number of benzene rings is 2. The standard InChI is InChI=1S/C17H12ClF3N2O3/c18-13-6-4-12(5-7-13)16(25)23-22-15(24)10-3-11-1-8-14(9-2-11)26-17(19,20)21/h1-10H,(H,22,24)(H,23,25)/b10-3+. The van der Waals surface area contributed by atoms with Gasteiger partial charge in [0.2, 0.25) is 0 Å².